The molecule has 0 bridgehead atoms. The minimum atomic E-state index is 0.322. The van der Waals surface area contributed by atoms with Crippen LogP contribution >= 0.6 is 0 Å². The summed E-state index contributed by atoms with van der Waals surface area (Å²) < 4.78 is 11.3. The predicted molar refractivity (Wildman–Crippen MR) is 106 cm³/mol. The Morgan fingerprint density at radius 3 is 2.77 bits per heavy atom. The second-order valence-corrected chi connectivity index (χ2v) is 7.92. The van der Waals surface area contributed by atoms with Crippen molar-refractivity contribution in [2.24, 2.45) is 10.9 Å². The highest BCUT2D eigenvalue weighted by Crippen LogP contribution is 2.34. The van der Waals surface area contributed by atoms with Crippen LogP contribution in [0.15, 0.2) is 4.99 Å². The molecule has 0 radical (unpaired) electrons. The Hall–Kier alpha value is -0.850. The fourth-order valence-electron chi connectivity index (χ4n) is 3.50. The highest BCUT2D eigenvalue weighted by molar-refractivity contribution is 5.79. The van der Waals surface area contributed by atoms with E-state index in [0.717, 1.165) is 76.8 Å². The minimum absolute atomic E-state index is 0.322. The van der Waals surface area contributed by atoms with Crippen LogP contribution in [-0.4, -0.2) is 75.5 Å². The first-order chi connectivity index (χ1) is 12.8. The van der Waals surface area contributed by atoms with Crippen molar-refractivity contribution in [3.8, 4) is 0 Å². The van der Waals surface area contributed by atoms with Crippen LogP contribution in [0.2, 0.25) is 0 Å². The molecule has 3 fully saturated rings. The van der Waals surface area contributed by atoms with Gasteiger partial charge >= 0.3 is 0 Å². The molecule has 2 saturated carbocycles. The maximum absolute atomic E-state index is 5.71. The van der Waals surface area contributed by atoms with Gasteiger partial charge < -0.3 is 20.1 Å². The van der Waals surface area contributed by atoms with Crippen LogP contribution < -0.4 is 10.6 Å². The third kappa shape index (κ3) is 7.80. The van der Waals surface area contributed by atoms with Gasteiger partial charge in [-0.2, -0.15) is 0 Å². The van der Waals surface area contributed by atoms with Crippen molar-refractivity contribution in [2.75, 3.05) is 52.5 Å². The smallest absolute Gasteiger partial charge is 0.191 e. The third-order valence-electron chi connectivity index (χ3n) is 5.33. The molecular weight excluding hydrogens is 328 g/mol. The Kier molecular flexibility index (Phi) is 8.49. The SMILES string of the molecule is CCNC(=NCCCOCC1CCCO1)NCCN(CC1CC1)C1CC1. The molecule has 1 unspecified atom stereocenters. The predicted octanol–water partition coefficient (Wildman–Crippen LogP) is 2.00. The van der Waals surface area contributed by atoms with Crippen molar-refractivity contribution in [3.63, 3.8) is 0 Å². The lowest BCUT2D eigenvalue weighted by atomic mass is 10.2. The van der Waals surface area contributed by atoms with Crippen molar-refractivity contribution in [1.82, 2.24) is 15.5 Å². The van der Waals surface area contributed by atoms with Crippen LogP contribution in [0.5, 0.6) is 0 Å². The largest absolute Gasteiger partial charge is 0.379 e. The van der Waals surface area contributed by atoms with E-state index in [1.807, 2.05) is 0 Å². The molecule has 0 aromatic rings. The molecule has 150 valence electrons. The van der Waals surface area contributed by atoms with Gasteiger partial charge in [0, 0.05) is 52.0 Å². The van der Waals surface area contributed by atoms with Gasteiger partial charge in [0.05, 0.1) is 12.7 Å². The Bertz CT molecular complexity index is 418. The van der Waals surface area contributed by atoms with Crippen LogP contribution in [0.4, 0.5) is 0 Å². The molecule has 1 aliphatic heterocycles. The van der Waals surface area contributed by atoms with Gasteiger partial charge in [0.25, 0.3) is 0 Å². The third-order valence-corrected chi connectivity index (χ3v) is 5.33. The number of guanidine groups is 1. The lowest BCUT2D eigenvalue weighted by Gasteiger charge is -2.22. The van der Waals surface area contributed by atoms with Crippen LogP contribution in [0.25, 0.3) is 0 Å². The van der Waals surface area contributed by atoms with Gasteiger partial charge in [-0.05, 0) is 57.8 Å². The lowest BCUT2D eigenvalue weighted by molar-refractivity contribution is 0.0171. The Balaban J connectivity index is 1.26. The number of hydrogen-bond donors (Lipinski definition) is 2. The average molecular weight is 367 g/mol. The van der Waals surface area contributed by atoms with E-state index < -0.39 is 0 Å². The van der Waals surface area contributed by atoms with E-state index in [4.69, 9.17) is 9.47 Å². The summed E-state index contributed by atoms with van der Waals surface area (Å²) in [5.74, 6) is 1.92. The molecule has 6 nitrogen and oxygen atoms in total. The van der Waals surface area contributed by atoms with Crippen molar-refractivity contribution in [2.45, 2.75) is 64.0 Å². The first-order valence-electron chi connectivity index (χ1n) is 10.8. The van der Waals surface area contributed by atoms with Gasteiger partial charge in [0.2, 0.25) is 0 Å². The molecule has 3 rings (SSSR count). The molecule has 6 heteroatoms. The number of rotatable bonds is 13. The first kappa shape index (κ1) is 19.9. The van der Waals surface area contributed by atoms with Gasteiger partial charge in [-0.3, -0.25) is 9.89 Å². The van der Waals surface area contributed by atoms with Crippen LogP contribution in [-0.2, 0) is 9.47 Å². The van der Waals surface area contributed by atoms with E-state index in [1.54, 1.807) is 0 Å². The van der Waals surface area contributed by atoms with Crippen LogP contribution in [0.1, 0.15) is 51.9 Å². The summed E-state index contributed by atoms with van der Waals surface area (Å²) in [4.78, 5) is 7.37. The number of nitrogens with one attached hydrogen (secondary N) is 2. The first-order valence-corrected chi connectivity index (χ1v) is 10.8. The zero-order valence-electron chi connectivity index (χ0n) is 16.5. The van der Waals surface area contributed by atoms with Gasteiger partial charge in [-0.25, -0.2) is 0 Å². The zero-order valence-corrected chi connectivity index (χ0v) is 16.5. The number of hydrogen-bond acceptors (Lipinski definition) is 4. The van der Waals surface area contributed by atoms with Crippen molar-refractivity contribution in [3.05, 3.63) is 0 Å². The Morgan fingerprint density at radius 1 is 1.19 bits per heavy atom. The number of nitrogens with zero attached hydrogens (tertiary/aromatic N) is 2. The van der Waals surface area contributed by atoms with E-state index >= 15 is 0 Å². The van der Waals surface area contributed by atoms with E-state index in [0.29, 0.717) is 6.10 Å². The van der Waals surface area contributed by atoms with Gasteiger partial charge in [0.15, 0.2) is 5.96 Å². The highest BCUT2D eigenvalue weighted by atomic mass is 16.5. The maximum atomic E-state index is 5.71. The van der Waals surface area contributed by atoms with Gasteiger partial charge in [-0.15, -0.1) is 0 Å². The number of ether oxygens (including phenoxy) is 2. The molecule has 1 atom stereocenters. The van der Waals surface area contributed by atoms with E-state index in [1.165, 1.54) is 38.6 Å². The standard InChI is InChI=1S/C20H38N4O2/c1-2-21-20(22-10-4-13-25-16-19-5-3-14-26-19)23-11-12-24(18-8-9-18)15-17-6-7-17/h17-19H,2-16H2,1H3,(H2,21,22,23). The molecule has 2 aliphatic carbocycles. The van der Waals surface area contributed by atoms with Gasteiger partial charge in [0.1, 0.15) is 0 Å². The monoisotopic (exact) mass is 366 g/mol. The molecule has 0 amide bonds. The summed E-state index contributed by atoms with van der Waals surface area (Å²) in [6.45, 7) is 9.63. The van der Waals surface area contributed by atoms with Crippen LogP contribution in [0, 0.1) is 5.92 Å². The van der Waals surface area contributed by atoms with Crippen molar-refractivity contribution < 1.29 is 9.47 Å². The summed E-state index contributed by atoms with van der Waals surface area (Å²) in [6, 6.07) is 0.859. The Morgan fingerprint density at radius 2 is 2.08 bits per heavy atom. The second kappa shape index (κ2) is 11.1. The summed E-state index contributed by atoms with van der Waals surface area (Å²) in [5.41, 5.74) is 0. The fraction of sp³-hybridized carbons (Fsp3) is 0.950. The van der Waals surface area contributed by atoms with E-state index in [-0.39, 0.29) is 0 Å². The molecule has 0 aromatic heterocycles. The van der Waals surface area contributed by atoms with Crippen LogP contribution in [0.3, 0.4) is 0 Å². The molecule has 1 saturated heterocycles. The molecule has 26 heavy (non-hydrogen) atoms. The fourth-order valence-corrected chi connectivity index (χ4v) is 3.50. The molecule has 3 aliphatic rings. The minimum Gasteiger partial charge on any atom is -0.379 e. The molecule has 1 heterocycles. The molecule has 2 N–H and O–H groups in total. The van der Waals surface area contributed by atoms with E-state index in [9.17, 15) is 0 Å². The average Bonchev–Trinajstić information content (AvgIpc) is 3.57. The molecular formula is C20H38N4O2. The highest BCUT2D eigenvalue weighted by Gasteiger charge is 2.33. The maximum Gasteiger partial charge on any atom is 0.191 e. The zero-order chi connectivity index (χ0) is 18.0. The topological polar surface area (TPSA) is 58.1 Å². The summed E-state index contributed by atoms with van der Waals surface area (Å²) in [7, 11) is 0. The number of aliphatic imine (C=N–C) groups is 1. The Labute approximate surface area is 159 Å². The summed E-state index contributed by atoms with van der Waals surface area (Å²) in [5, 5.41) is 6.85. The lowest BCUT2D eigenvalue weighted by Crippen LogP contribution is -2.42. The molecule has 0 spiro atoms. The van der Waals surface area contributed by atoms with Crippen molar-refractivity contribution >= 4 is 5.96 Å². The van der Waals surface area contributed by atoms with Gasteiger partial charge in [-0.1, -0.05) is 0 Å². The molecule has 0 aromatic carbocycles. The normalized spacial score (nSPS) is 23.6. The van der Waals surface area contributed by atoms with E-state index in [2.05, 4.69) is 27.4 Å². The van der Waals surface area contributed by atoms with Crippen molar-refractivity contribution in [1.29, 1.82) is 0 Å². The summed E-state index contributed by atoms with van der Waals surface area (Å²) in [6.07, 6.45) is 9.27. The second-order valence-electron chi connectivity index (χ2n) is 7.92. The summed E-state index contributed by atoms with van der Waals surface area (Å²) >= 11 is 0. The quantitative estimate of drug-likeness (QED) is 0.297.